The predicted molar refractivity (Wildman–Crippen MR) is 78.1 cm³/mol. The lowest BCUT2D eigenvalue weighted by molar-refractivity contribution is 0.0773. The van der Waals surface area contributed by atoms with Crippen molar-refractivity contribution >= 4 is 17.5 Å². The van der Waals surface area contributed by atoms with Gasteiger partial charge in [0.1, 0.15) is 17.5 Å². The molecule has 0 atom stereocenters. The van der Waals surface area contributed by atoms with Crippen LogP contribution >= 0.6 is 11.6 Å². The highest BCUT2D eigenvalue weighted by Gasteiger charge is 2.11. The van der Waals surface area contributed by atoms with Gasteiger partial charge in [0, 0.05) is 13.2 Å². The van der Waals surface area contributed by atoms with E-state index in [2.05, 4.69) is 4.98 Å². The second-order valence-corrected chi connectivity index (χ2v) is 4.65. The van der Waals surface area contributed by atoms with Crippen LogP contribution in [0, 0.1) is 0 Å². The molecule has 2 rings (SSSR count). The maximum atomic E-state index is 12.1. The molecule has 20 heavy (non-hydrogen) atoms. The minimum Gasteiger partial charge on any atom is -0.492 e. The first-order chi connectivity index (χ1) is 9.66. The fourth-order valence-corrected chi connectivity index (χ4v) is 1.75. The number of para-hydroxylation sites is 1. The van der Waals surface area contributed by atoms with Crippen LogP contribution in [-0.2, 0) is 0 Å². The second-order valence-electron chi connectivity index (χ2n) is 4.26. The molecule has 5 heteroatoms. The van der Waals surface area contributed by atoms with Crippen LogP contribution in [0.3, 0.4) is 0 Å². The van der Waals surface area contributed by atoms with E-state index in [9.17, 15) is 4.79 Å². The van der Waals surface area contributed by atoms with Gasteiger partial charge in [-0.25, -0.2) is 4.98 Å². The number of hydrogen-bond acceptors (Lipinski definition) is 3. The fourth-order valence-electron chi connectivity index (χ4n) is 1.64. The third-order valence-corrected chi connectivity index (χ3v) is 2.98. The molecular weight excluding hydrogens is 276 g/mol. The zero-order chi connectivity index (χ0) is 14.4. The molecule has 0 bridgehead atoms. The first kappa shape index (κ1) is 14.3. The Morgan fingerprint density at radius 2 is 2.00 bits per heavy atom. The van der Waals surface area contributed by atoms with E-state index < -0.39 is 0 Å². The molecule has 0 saturated carbocycles. The van der Waals surface area contributed by atoms with Crippen LogP contribution in [0.2, 0.25) is 5.15 Å². The van der Waals surface area contributed by atoms with Crippen LogP contribution in [0.25, 0.3) is 0 Å². The Labute approximate surface area is 123 Å². The first-order valence-electron chi connectivity index (χ1n) is 6.21. The molecule has 1 amide bonds. The summed E-state index contributed by atoms with van der Waals surface area (Å²) in [6.45, 7) is 0.934. The van der Waals surface area contributed by atoms with Crippen molar-refractivity contribution in [1.29, 1.82) is 0 Å². The first-order valence-corrected chi connectivity index (χ1v) is 6.59. The standard InChI is InChI=1S/C15H15ClN2O2/c1-18(9-10-20-13-5-3-2-4-6-13)15(19)12-7-8-14(16)17-11-12/h2-8,11H,9-10H2,1H3. The van der Waals surface area contributed by atoms with Gasteiger partial charge in [0.25, 0.3) is 5.91 Å². The maximum absolute atomic E-state index is 12.1. The lowest BCUT2D eigenvalue weighted by atomic mass is 10.2. The van der Waals surface area contributed by atoms with Gasteiger partial charge in [-0.2, -0.15) is 0 Å². The highest BCUT2D eigenvalue weighted by Crippen LogP contribution is 2.09. The number of halogens is 1. The molecule has 0 aliphatic heterocycles. The predicted octanol–water partition coefficient (Wildman–Crippen LogP) is 2.89. The molecule has 2 aromatic rings. The lowest BCUT2D eigenvalue weighted by Crippen LogP contribution is -2.30. The quantitative estimate of drug-likeness (QED) is 0.795. The maximum Gasteiger partial charge on any atom is 0.255 e. The molecule has 0 unspecified atom stereocenters. The van der Waals surface area contributed by atoms with Gasteiger partial charge in [-0.1, -0.05) is 29.8 Å². The number of pyridine rings is 1. The van der Waals surface area contributed by atoms with Gasteiger partial charge in [-0.15, -0.1) is 0 Å². The Bertz CT molecular complexity index is 558. The van der Waals surface area contributed by atoms with E-state index in [-0.39, 0.29) is 5.91 Å². The van der Waals surface area contributed by atoms with E-state index in [1.807, 2.05) is 30.3 Å². The van der Waals surface area contributed by atoms with Crippen LogP contribution in [0.1, 0.15) is 10.4 Å². The van der Waals surface area contributed by atoms with Crippen LogP contribution in [0.15, 0.2) is 48.7 Å². The molecule has 4 nitrogen and oxygen atoms in total. The third kappa shape index (κ3) is 3.96. The average Bonchev–Trinajstić information content (AvgIpc) is 2.48. The van der Waals surface area contributed by atoms with Crippen LogP contribution in [0.4, 0.5) is 0 Å². The molecular formula is C15H15ClN2O2. The van der Waals surface area contributed by atoms with Crippen molar-refractivity contribution < 1.29 is 9.53 Å². The molecule has 0 N–H and O–H groups in total. The summed E-state index contributed by atoms with van der Waals surface area (Å²) in [7, 11) is 1.73. The number of rotatable bonds is 5. The Hall–Kier alpha value is -2.07. The molecule has 0 fully saturated rings. The van der Waals surface area contributed by atoms with Crippen molar-refractivity contribution in [3.05, 3.63) is 59.4 Å². The largest absolute Gasteiger partial charge is 0.492 e. The van der Waals surface area contributed by atoms with Crippen molar-refractivity contribution in [2.24, 2.45) is 0 Å². The monoisotopic (exact) mass is 290 g/mol. The van der Waals surface area contributed by atoms with Crippen molar-refractivity contribution in [1.82, 2.24) is 9.88 Å². The average molecular weight is 291 g/mol. The van der Waals surface area contributed by atoms with E-state index in [1.165, 1.54) is 6.20 Å². The van der Waals surface area contributed by atoms with Crippen molar-refractivity contribution in [3.8, 4) is 5.75 Å². The second kappa shape index (κ2) is 6.91. The summed E-state index contributed by atoms with van der Waals surface area (Å²) in [5.74, 6) is 0.687. The summed E-state index contributed by atoms with van der Waals surface area (Å²) in [6, 6.07) is 12.8. The van der Waals surface area contributed by atoms with Gasteiger partial charge < -0.3 is 9.64 Å². The number of nitrogens with zero attached hydrogens (tertiary/aromatic N) is 2. The number of likely N-dealkylation sites (N-methyl/N-ethyl adjacent to an activating group) is 1. The van der Waals surface area contributed by atoms with E-state index in [4.69, 9.17) is 16.3 Å². The summed E-state index contributed by atoms with van der Waals surface area (Å²) in [6.07, 6.45) is 1.47. The number of aromatic nitrogens is 1. The Morgan fingerprint density at radius 1 is 1.25 bits per heavy atom. The van der Waals surface area contributed by atoms with Crippen molar-refractivity contribution in [2.75, 3.05) is 20.2 Å². The number of hydrogen-bond donors (Lipinski definition) is 0. The minimum atomic E-state index is -0.106. The number of benzene rings is 1. The van der Waals surface area contributed by atoms with Gasteiger partial charge in [-0.05, 0) is 24.3 Å². The smallest absolute Gasteiger partial charge is 0.255 e. The van der Waals surface area contributed by atoms with E-state index in [0.717, 1.165) is 5.75 Å². The summed E-state index contributed by atoms with van der Waals surface area (Å²) in [4.78, 5) is 17.6. The highest BCUT2D eigenvalue weighted by molar-refractivity contribution is 6.29. The fraction of sp³-hybridized carbons (Fsp3) is 0.200. The van der Waals surface area contributed by atoms with Gasteiger partial charge in [0.2, 0.25) is 0 Å². The summed E-state index contributed by atoms with van der Waals surface area (Å²) in [5, 5.41) is 0.372. The Morgan fingerprint density at radius 3 is 2.65 bits per heavy atom. The van der Waals surface area contributed by atoms with E-state index in [0.29, 0.717) is 23.9 Å². The van der Waals surface area contributed by atoms with Gasteiger partial charge in [0.05, 0.1) is 12.1 Å². The van der Waals surface area contributed by atoms with E-state index >= 15 is 0 Å². The zero-order valence-corrected chi connectivity index (χ0v) is 11.9. The Balaban J connectivity index is 1.84. The molecule has 1 aromatic heterocycles. The summed E-state index contributed by atoms with van der Waals surface area (Å²) < 4.78 is 5.55. The number of amides is 1. The topological polar surface area (TPSA) is 42.4 Å². The Kier molecular flexibility index (Phi) is 4.96. The SMILES string of the molecule is CN(CCOc1ccccc1)C(=O)c1ccc(Cl)nc1. The van der Waals surface area contributed by atoms with Crippen LogP contribution < -0.4 is 4.74 Å². The summed E-state index contributed by atoms with van der Waals surface area (Å²) in [5.41, 5.74) is 0.511. The zero-order valence-electron chi connectivity index (χ0n) is 11.1. The minimum absolute atomic E-state index is 0.106. The van der Waals surface area contributed by atoms with Gasteiger partial charge in [-0.3, -0.25) is 4.79 Å². The normalized spacial score (nSPS) is 10.1. The number of carbonyl (C=O) groups excluding carboxylic acids is 1. The van der Waals surface area contributed by atoms with Crippen molar-refractivity contribution in [2.45, 2.75) is 0 Å². The van der Waals surface area contributed by atoms with Gasteiger partial charge >= 0.3 is 0 Å². The molecule has 0 radical (unpaired) electrons. The summed E-state index contributed by atoms with van der Waals surface area (Å²) >= 11 is 5.69. The number of carbonyl (C=O) groups is 1. The van der Waals surface area contributed by atoms with Gasteiger partial charge in [0.15, 0.2) is 0 Å². The van der Waals surface area contributed by atoms with E-state index in [1.54, 1.807) is 24.1 Å². The molecule has 104 valence electrons. The molecule has 1 heterocycles. The highest BCUT2D eigenvalue weighted by atomic mass is 35.5. The molecule has 0 aliphatic rings. The molecule has 0 aliphatic carbocycles. The molecule has 1 aromatic carbocycles. The van der Waals surface area contributed by atoms with Crippen LogP contribution in [0.5, 0.6) is 5.75 Å². The van der Waals surface area contributed by atoms with Crippen molar-refractivity contribution in [3.63, 3.8) is 0 Å². The lowest BCUT2D eigenvalue weighted by Gasteiger charge is -2.17. The molecule has 0 spiro atoms. The van der Waals surface area contributed by atoms with Crippen LogP contribution in [-0.4, -0.2) is 36.0 Å². The number of ether oxygens (including phenoxy) is 1. The third-order valence-electron chi connectivity index (χ3n) is 2.76. The molecule has 0 saturated heterocycles.